The number of amides is 1. The third kappa shape index (κ3) is 3.89. The van der Waals surface area contributed by atoms with Gasteiger partial charge in [-0.15, -0.1) is 0 Å². The Morgan fingerprint density at radius 2 is 1.78 bits per heavy atom. The fourth-order valence-corrected chi connectivity index (χ4v) is 5.16. The van der Waals surface area contributed by atoms with E-state index in [0.29, 0.717) is 56.9 Å². The lowest BCUT2D eigenvalue weighted by Crippen LogP contribution is -2.44. The maximum absolute atomic E-state index is 13.6. The van der Waals surface area contributed by atoms with Gasteiger partial charge in [-0.1, -0.05) is 49.2 Å². The van der Waals surface area contributed by atoms with Gasteiger partial charge in [0.05, 0.1) is 30.0 Å². The zero-order chi connectivity index (χ0) is 23.2. The van der Waals surface area contributed by atoms with Crippen molar-refractivity contribution in [2.75, 3.05) is 19.1 Å². The number of hydrogen-bond donors (Lipinski definition) is 0. The summed E-state index contributed by atoms with van der Waals surface area (Å²) in [6.07, 6.45) is 1.09. The number of allylic oxidation sites excluding steroid dienone is 2. The zero-order valence-corrected chi connectivity index (χ0v) is 20.0. The van der Waals surface area contributed by atoms with Crippen molar-refractivity contribution >= 4 is 40.6 Å². The molecule has 0 spiro atoms. The Balaban J connectivity index is 1.94. The van der Waals surface area contributed by atoms with Crippen molar-refractivity contribution in [1.29, 1.82) is 0 Å². The first-order chi connectivity index (χ1) is 15.2. The molecule has 5 nitrogen and oxygen atoms in total. The van der Waals surface area contributed by atoms with Crippen LogP contribution in [0.1, 0.15) is 44.6 Å². The number of Topliss-reactive ketones (excluding diaryl/α,β-unsaturated/α-hetero) is 1. The monoisotopic (exact) mass is 473 g/mol. The highest BCUT2D eigenvalue weighted by molar-refractivity contribution is 6.42. The number of ether oxygens (including phenoxy) is 2. The molecule has 0 fully saturated rings. The standard InChI is InChI=1S/C25H25Cl2NO4/c1-25(2)12-19-23(20(29)13-25)16(15-6-5-7-17(26)24(15)27)11-22(30)28(19)18-9-8-14(31-3)10-21(18)32-4/h5-10,16H,11-13H2,1-4H3. The van der Waals surface area contributed by atoms with Gasteiger partial charge >= 0.3 is 0 Å². The van der Waals surface area contributed by atoms with E-state index in [-0.39, 0.29) is 23.5 Å². The molecule has 1 aliphatic carbocycles. The molecule has 0 aromatic heterocycles. The van der Waals surface area contributed by atoms with E-state index in [0.717, 1.165) is 0 Å². The van der Waals surface area contributed by atoms with Crippen LogP contribution in [0, 0.1) is 5.41 Å². The molecule has 0 saturated carbocycles. The summed E-state index contributed by atoms with van der Waals surface area (Å²) in [5.74, 6) is 0.585. The summed E-state index contributed by atoms with van der Waals surface area (Å²) in [5, 5.41) is 0.786. The molecule has 1 unspecified atom stereocenters. The third-order valence-corrected chi connectivity index (χ3v) is 6.96. The number of carbonyl (C=O) groups excluding carboxylic acids is 2. The summed E-state index contributed by atoms with van der Waals surface area (Å²) >= 11 is 12.8. The predicted molar refractivity (Wildman–Crippen MR) is 126 cm³/mol. The van der Waals surface area contributed by atoms with Crippen molar-refractivity contribution in [3.8, 4) is 11.5 Å². The van der Waals surface area contributed by atoms with Gasteiger partial charge in [0.25, 0.3) is 0 Å². The van der Waals surface area contributed by atoms with Gasteiger partial charge in [0.15, 0.2) is 5.78 Å². The first kappa shape index (κ1) is 22.7. The molecule has 168 valence electrons. The van der Waals surface area contributed by atoms with Crippen LogP contribution < -0.4 is 14.4 Å². The highest BCUT2D eigenvalue weighted by Crippen LogP contribution is 2.51. The smallest absolute Gasteiger partial charge is 0.232 e. The molecule has 4 rings (SSSR count). The predicted octanol–water partition coefficient (Wildman–Crippen LogP) is 6.17. The van der Waals surface area contributed by atoms with Crippen LogP contribution in [-0.4, -0.2) is 25.9 Å². The Hall–Kier alpha value is -2.50. The number of methoxy groups -OCH3 is 2. The van der Waals surface area contributed by atoms with Crippen LogP contribution >= 0.6 is 23.2 Å². The first-order valence-electron chi connectivity index (χ1n) is 10.4. The van der Waals surface area contributed by atoms with Gasteiger partial charge in [0.2, 0.25) is 5.91 Å². The normalized spacial score (nSPS) is 20.3. The minimum atomic E-state index is -0.437. The van der Waals surface area contributed by atoms with Gasteiger partial charge in [-0.05, 0) is 35.6 Å². The van der Waals surface area contributed by atoms with Crippen LogP contribution in [0.25, 0.3) is 0 Å². The Labute approximate surface area is 197 Å². The summed E-state index contributed by atoms with van der Waals surface area (Å²) in [6.45, 7) is 4.08. The van der Waals surface area contributed by atoms with Crippen LogP contribution in [-0.2, 0) is 9.59 Å². The second-order valence-corrected chi connectivity index (χ2v) is 9.75. The zero-order valence-electron chi connectivity index (χ0n) is 18.5. The second-order valence-electron chi connectivity index (χ2n) is 8.97. The first-order valence-corrected chi connectivity index (χ1v) is 11.2. The van der Waals surface area contributed by atoms with Crippen LogP contribution in [0.4, 0.5) is 5.69 Å². The van der Waals surface area contributed by atoms with Crippen molar-refractivity contribution in [1.82, 2.24) is 0 Å². The van der Waals surface area contributed by atoms with Crippen LogP contribution in [0.3, 0.4) is 0 Å². The van der Waals surface area contributed by atoms with E-state index >= 15 is 0 Å². The van der Waals surface area contributed by atoms with E-state index in [4.69, 9.17) is 32.7 Å². The van der Waals surface area contributed by atoms with E-state index in [1.165, 1.54) is 0 Å². The van der Waals surface area contributed by atoms with Crippen molar-refractivity contribution in [2.24, 2.45) is 5.41 Å². The van der Waals surface area contributed by atoms with Gasteiger partial charge in [0.1, 0.15) is 11.5 Å². The van der Waals surface area contributed by atoms with Gasteiger partial charge in [-0.25, -0.2) is 0 Å². The van der Waals surface area contributed by atoms with Crippen molar-refractivity contribution in [2.45, 2.75) is 39.0 Å². The lowest BCUT2D eigenvalue weighted by Gasteiger charge is -2.43. The van der Waals surface area contributed by atoms with Gasteiger partial charge in [-0.3, -0.25) is 14.5 Å². The number of benzene rings is 2. The highest BCUT2D eigenvalue weighted by Gasteiger charge is 2.45. The lowest BCUT2D eigenvalue weighted by atomic mass is 9.69. The topological polar surface area (TPSA) is 55.8 Å². The molecule has 0 N–H and O–H groups in total. The second kappa shape index (κ2) is 8.45. The molecule has 0 radical (unpaired) electrons. The maximum Gasteiger partial charge on any atom is 0.232 e. The van der Waals surface area contributed by atoms with E-state index in [1.54, 1.807) is 49.5 Å². The van der Waals surface area contributed by atoms with Crippen LogP contribution in [0.5, 0.6) is 11.5 Å². The fraction of sp³-hybridized carbons (Fsp3) is 0.360. The number of carbonyl (C=O) groups is 2. The fourth-order valence-electron chi connectivity index (χ4n) is 4.72. The Morgan fingerprint density at radius 3 is 2.47 bits per heavy atom. The Kier molecular flexibility index (Phi) is 5.99. The number of nitrogens with zero attached hydrogens (tertiary/aromatic N) is 1. The number of ketones is 1. The van der Waals surface area contributed by atoms with E-state index in [1.807, 2.05) is 19.9 Å². The van der Waals surface area contributed by atoms with Gasteiger partial charge in [-0.2, -0.15) is 0 Å². The van der Waals surface area contributed by atoms with E-state index in [2.05, 4.69) is 0 Å². The number of halogens is 2. The summed E-state index contributed by atoms with van der Waals surface area (Å²) < 4.78 is 10.9. The Bertz CT molecular complexity index is 1140. The lowest BCUT2D eigenvalue weighted by molar-refractivity contribution is -0.121. The number of rotatable bonds is 4. The summed E-state index contributed by atoms with van der Waals surface area (Å²) in [5.41, 5.74) is 2.34. The van der Waals surface area contributed by atoms with Crippen molar-refractivity contribution in [3.63, 3.8) is 0 Å². The average Bonchev–Trinajstić information content (AvgIpc) is 2.74. The molecule has 0 bridgehead atoms. The molecular weight excluding hydrogens is 449 g/mol. The molecule has 1 heterocycles. The number of hydrogen-bond acceptors (Lipinski definition) is 4. The molecule has 0 saturated heterocycles. The van der Waals surface area contributed by atoms with Crippen LogP contribution in [0.2, 0.25) is 10.0 Å². The van der Waals surface area contributed by atoms with Gasteiger partial charge < -0.3 is 9.47 Å². The minimum Gasteiger partial charge on any atom is -0.497 e. The molecule has 7 heteroatoms. The van der Waals surface area contributed by atoms with Gasteiger partial charge in [0, 0.05) is 36.1 Å². The molecule has 32 heavy (non-hydrogen) atoms. The molecular formula is C25H25Cl2NO4. The van der Waals surface area contributed by atoms with Crippen LogP contribution in [0.15, 0.2) is 47.7 Å². The maximum atomic E-state index is 13.6. The molecule has 1 atom stereocenters. The summed E-state index contributed by atoms with van der Waals surface area (Å²) in [6, 6.07) is 10.6. The average molecular weight is 474 g/mol. The number of anilines is 1. The largest absolute Gasteiger partial charge is 0.497 e. The summed E-state index contributed by atoms with van der Waals surface area (Å²) in [7, 11) is 3.12. The van der Waals surface area contributed by atoms with E-state index in [9.17, 15) is 9.59 Å². The minimum absolute atomic E-state index is 0.0299. The van der Waals surface area contributed by atoms with E-state index < -0.39 is 5.92 Å². The highest BCUT2D eigenvalue weighted by atomic mass is 35.5. The quantitative estimate of drug-likeness (QED) is 0.532. The van der Waals surface area contributed by atoms with Crippen molar-refractivity contribution in [3.05, 3.63) is 63.3 Å². The molecule has 2 aromatic rings. The molecule has 1 aliphatic heterocycles. The molecule has 2 aromatic carbocycles. The summed E-state index contributed by atoms with van der Waals surface area (Å²) in [4.78, 5) is 28.7. The Morgan fingerprint density at radius 1 is 1.03 bits per heavy atom. The third-order valence-electron chi connectivity index (χ3n) is 6.13. The van der Waals surface area contributed by atoms with Crippen molar-refractivity contribution < 1.29 is 19.1 Å². The molecule has 1 amide bonds. The molecule has 2 aliphatic rings. The SMILES string of the molecule is COc1ccc(N2C(=O)CC(c3cccc(Cl)c3Cl)C3=C2CC(C)(C)CC3=O)c(OC)c1.